The summed E-state index contributed by atoms with van der Waals surface area (Å²) in [5, 5.41) is 0. The zero-order valence-corrected chi connectivity index (χ0v) is 15.1. The number of likely N-dealkylation sites (N-methyl/N-ethyl adjacent to an activating group) is 1. The molecule has 0 aliphatic heterocycles. The van der Waals surface area contributed by atoms with Gasteiger partial charge in [0.05, 0.1) is 0 Å². The molecule has 0 aromatic heterocycles. The monoisotopic (exact) mass is 289 g/mol. The van der Waals surface area contributed by atoms with Gasteiger partial charge in [-0.15, -0.1) is 0 Å². The Labute approximate surface area is 133 Å². The van der Waals surface area contributed by atoms with Crippen LogP contribution in [0.25, 0.3) is 0 Å². The van der Waals surface area contributed by atoms with Crippen LogP contribution in [0.4, 0.5) is 0 Å². The highest BCUT2D eigenvalue weighted by atomic mass is 15.1. The molecule has 0 saturated heterocycles. The predicted octanol–water partition coefficient (Wildman–Crippen LogP) is 6.14. The lowest BCUT2D eigenvalue weighted by Crippen LogP contribution is -2.19. The van der Waals surface area contributed by atoms with Crippen molar-refractivity contribution in [1.82, 2.24) is 4.90 Å². The third-order valence-corrected chi connectivity index (χ3v) is 2.96. The SMILES string of the molecule is C=C(C)/C=C\C(=C)N(C)CCC(C)C(=C)/C=C\C.CCC. The van der Waals surface area contributed by atoms with Crippen LogP contribution >= 0.6 is 0 Å². The first kappa shape index (κ1) is 21.8. The van der Waals surface area contributed by atoms with E-state index < -0.39 is 0 Å². The Bertz CT molecular complexity index is 371. The standard InChI is InChI=1S/C17H27N.C3H8/c1-8-9-15(4)16(5)12-13-18(7)17(6)11-10-14(2)3;1-3-2/h8-11,16H,2,4,6,12-13H2,1,3,5,7H3;3H2,1-2H3/b9-8-,11-10-;. The van der Waals surface area contributed by atoms with Crippen molar-refractivity contribution in [2.24, 2.45) is 5.92 Å². The fourth-order valence-electron chi connectivity index (χ4n) is 1.46. The summed E-state index contributed by atoms with van der Waals surface area (Å²) in [5.74, 6) is 0.501. The summed E-state index contributed by atoms with van der Waals surface area (Å²) >= 11 is 0. The van der Waals surface area contributed by atoms with Crippen LogP contribution in [0, 0.1) is 5.92 Å². The van der Waals surface area contributed by atoms with E-state index in [1.807, 2.05) is 32.1 Å². The Morgan fingerprint density at radius 2 is 1.62 bits per heavy atom. The molecule has 0 aromatic carbocycles. The Balaban J connectivity index is 0. The van der Waals surface area contributed by atoms with Crippen LogP contribution < -0.4 is 0 Å². The first-order chi connectivity index (χ1) is 9.79. The van der Waals surface area contributed by atoms with Gasteiger partial charge in [-0.05, 0) is 32.3 Å². The summed E-state index contributed by atoms with van der Waals surface area (Å²) in [4.78, 5) is 2.17. The second-order valence-corrected chi connectivity index (χ2v) is 5.56. The van der Waals surface area contributed by atoms with Crippen molar-refractivity contribution in [3.05, 3.63) is 60.9 Å². The van der Waals surface area contributed by atoms with Crippen LogP contribution in [-0.4, -0.2) is 18.5 Å². The molecule has 0 aliphatic carbocycles. The van der Waals surface area contributed by atoms with E-state index >= 15 is 0 Å². The molecule has 1 atom stereocenters. The van der Waals surface area contributed by atoms with Gasteiger partial charge in [-0.25, -0.2) is 0 Å². The third-order valence-electron chi connectivity index (χ3n) is 2.96. The number of hydrogen-bond donors (Lipinski definition) is 0. The van der Waals surface area contributed by atoms with Crippen molar-refractivity contribution < 1.29 is 0 Å². The van der Waals surface area contributed by atoms with Crippen LogP contribution in [0.3, 0.4) is 0 Å². The first-order valence-electron chi connectivity index (χ1n) is 7.85. The fourth-order valence-corrected chi connectivity index (χ4v) is 1.46. The highest BCUT2D eigenvalue weighted by Crippen LogP contribution is 2.15. The Hall–Kier alpha value is -1.50. The van der Waals surface area contributed by atoms with Gasteiger partial charge >= 0.3 is 0 Å². The Morgan fingerprint density at radius 1 is 1.10 bits per heavy atom. The molecule has 1 nitrogen and oxygen atoms in total. The summed E-state index contributed by atoms with van der Waals surface area (Å²) < 4.78 is 0. The van der Waals surface area contributed by atoms with Gasteiger partial charge in [0.15, 0.2) is 0 Å². The van der Waals surface area contributed by atoms with Gasteiger partial charge in [0, 0.05) is 19.3 Å². The normalized spacial score (nSPS) is 11.9. The summed E-state index contributed by atoms with van der Waals surface area (Å²) in [5.41, 5.74) is 3.25. The maximum atomic E-state index is 4.07. The molecule has 0 spiro atoms. The van der Waals surface area contributed by atoms with Crippen LogP contribution in [0.5, 0.6) is 0 Å². The average Bonchev–Trinajstić information content (AvgIpc) is 2.42. The van der Waals surface area contributed by atoms with Gasteiger partial charge in [0.1, 0.15) is 0 Å². The molecule has 120 valence electrons. The number of nitrogens with zero attached hydrogens (tertiary/aromatic N) is 1. The highest BCUT2D eigenvalue weighted by Gasteiger charge is 2.06. The van der Waals surface area contributed by atoms with Crippen LogP contribution in [-0.2, 0) is 0 Å². The largest absolute Gasteiger partial charge is 0.375 e. The van der Waals surface area contributed by atoms with Crippen LogP contribution in [0.15, 0.2) is 60.9 Å². The molecule has 1 unspecified atom stereocenters. The van der Waals surface area contributed by atoms with Crippen molar-refractivity contribution in [2.45, 2.75) is 47.5 Å². The molecule has 0 saturated carbocycles. The lowest BCUT2D eigenvalue weighted by Gasteiger charge is -2.22. The molecule has 21 heavy (non-hydrogen) atoms. The minimum Gasteiger partial charge on any atom is -0.375 e. The Morgan fingerprint density at radius 3 is 2.05 bits per heavy atom. The molecule has 0 N–H and O–H groups in total. The van der Waals surface area contributed by atoms with Crippen LogP contribution in [0.1, 0.15) is 47.5 Å². The second kappa shape index (κ2) is 13.5. The van der Waals surface area contributed by atoms with E-state index in [9.17, 15) is 0 Å². The van der Waals surface area contributed by atoms with Crippen molar-refractivity contribution >= 4 is 0 Å². The molecule has 0 rings (SSSR count). The van der Waals surface area contributed by atoms with E-state index in [2.05, 4.69) is 58.5 Å². The van der Waals surface area contributed by atoms with E-state index in [1.54, 1.807) is 0 Å². The molecule has 0 aliphatic rings. The van der Waals surface area contributed by atoms with E-state index in [4.69, 9.17) is 0 Å². The zero-order valence-electron chi connectivity index (χ0n) is 15.1. The predicted molar refractivity (Wildman–Crippen MR) is 99.4 cm³/mol. The maximum absolute atomic E-state index is 4.07. The zero-order chi connectivity index (χ0) is 16.8. The molecule has 0 amide bonds. The highest BCUT2D eigenvalue weighted by molar-refractivity contribution is 5.22. The minimum absolute atomic E-state index is 0.501. The topological polar surface area (TPSA) is 3.24 Å². The fraction of sp³-hybridized carbons (Fsp3) is 0.500. The lowest BCUT2D eigenvalue weighted by atomic mass is 9.98. The summed E-state index contributed by atoms with van der Waals surface area (Å²) in [6, 6.07) is 0. The summed E-state index contributed by atoms with van der Waals surface area (Å²) in [7, 11) is 2.07. The average molecular weight is 290 g/mol. The van der Waals surface area contributed by atoms with Crippen molar-refractivity contribution in [3.8, 4) is 0 Å². The van der Waals surface area contributed by atoms with E-state index in [-0.39, 0.29) is 0 Å². The second-order valence-electron chi connectivity index (χ2n) is 5.56. The van der Waals surface area contributed by atoms with Crippen molar-refractivity contribution in [1.29, 1.82) is 0 Å². The summed E-state index contributed by atoms with van der Waals surface area (Å²) in [6.45, 7) is 23.4. The van der Waals surface area contributed by atoms with Gasteiger partial charge < -0.3 is 4.90 Å². The first-order valence-corrected chi connectivity index (χ1v) is 7.85. The van der Waals surface area contributed by atoms with Crippen molar-refractivity contribution in [2.75, 3.05) is 13.6 Å². The molecule has 0 aromatic rings. The maximum Gasteiger partial charge on any atom is 0.0290 e. The van der Waals surface area contributed by atoms with Crippen molar-refractivity contribution in [3.63, 3.8) is 0 Å². The molecule has 0 fully saturated rings. The Kier molecular flexibility index (Phi) is 14.0. The smallest absolute Gasteiger partial charge is 0.0290 e. The molecule has 0 heterocycles. The molecule has 0 bridgehead atoms. The molecule has 0 radical (unpaired) electrons. The van der Waals surface area contributed by atoms with E-state index in [0.717, 1.165) is 24.2 Å². The minimum atomic E-state index is 0.501. The van der Waals surface area contributed by atoms with Gasteiger partial charge in [-0.2, -0.15) is 0 Å². The molecular weight excluding hydrogens is 254 g/mol. The van der Waals surface area contributed by atoms with Gasteiger partial charge in [0.25, 0.3) is 0 Å². The van der Waals surface area contributed by atoms with Gasteiger partial charge in [0.2, 0.25) is 0 Å². The summed E-state index contributed by atoms with van der Waals surface area (Å²) in [6.07, 6.45) is 10.5. The molecule has 1 heteroatoms. The van der Waals surface area contributed by atoms with E-state index in [1.165, 1.54) is 12.0 Å². The van der Waals surface area contributed by atoms with Crippen LogP contribution in [0.2, 0.25) is 0 Å². The quantitative estimate of drug-likeness (QED) is 0.485. The number of allylic oxidation sites excluding steroid dienone is 6. The molecular formula is C20H35N. The number of hydrogen-bond acceptors (Lipinski definition) is 1. The lowest BCUT2D eigenvalue weighted by molar-refractivity contribution is 0.396. The van der Waals surface area contributed by atoms with E-state index in [0.29, 0.717) is 5.92 Å². The third kappa shape index (κ3) is 13.2. The van der Waals surface area contributed by atoms with Gasteiger partial charge in [-0.3, -0.25) is 0 Å². The number of rotatable bonds is 8. The van der Waals surface area contributed by atoms with Gasteiger partial charge in [-0.1, -0.05) is 76.3 Å².